The number of rotatable bonds is 2. The van der Waals surface area contributed by atoms with Crippen molar-refractivity contribution in [1.29, 1.82) is 0 Å². The first kappa shape index (κ1) is 16.8. The molecule has 1 aromatic carbocycles. The number of likely N-dealkylation sites (tertiary alicyclic amines) is 1. The highest BCUT2D eigenvalue weighted by atomic mass is 35.5. The van der Waals surface area contributed by atoms with E-state index < -0.39 is 5.82 Å². The number of nitrogens with zero attached hydrogens (tertiary/aromatic N) is 2. The second kappa shape index (κ2) is 6.25. The lowest BCUT2D eigenvalue weighted by molar-refractivity contribution is -0.135. The molecule has 1 aromatic rings. The molecule has 0 aromatic heterocycles. The second-order valence-corrected chi connectivity index (χ2v) is 7.82. The Morgan fingerprint density at radius 1 is 1.24 bits per heavy atom. The lowest BCUT2D eigenvalue weighted by atomic mass is 9.98. The fraction of sp³-hybridized carbons (Fsp3) is 0.556. The third kappa shape index (κ3) is 2.91. The van der Waals surface area contributed by atoms with Gasteiger partial charge in [0.1, 0.15) is 5.82 Å². The second-order valence-electron chi connectivity index (χ2n) is 7.41. The Morgan fingerprint density at radius 2 is 2.04 bits per heavy atom. The summed E-state index contributed by atoms with van der Waals surface area (Å²) in [7, 11) is 0. The fourth-order valence-corrected chi connectivity index (χ4v) is 4.64. The van der Waals surface area contributed by atoms with E-state index in [9.17, 15) is 14.0 Å². The summed E-state index contributed by atoms with van der Waals surface area (Å²) in [5.74, 6) is -0.188. The van der Waals surface area contributed by atoms with Crippen LogP contribution in [0.4, 0.5) is 10.1 Å². The lowest BCUT2D eigenvalue weighted by Crippen LogP contribution is -2.38. The topological polar surface area (TPSA) is 66.6 Å². The maximum Gasteiger partial charge on any atom is 0.228 e. The van der Waals surface area contributed by atoms with Crippen LogP contribution in [0, 0.1) is 23.6 Å². The Bertz CT molecular complexity index is 728. The smallest absolute Gasteiger partial charge is 0.228 e. The van der Waals surface area contributed by atoms with E-state index in [1.54, 1.807) is 6.07 Å². The number of halogens is 2. The van der Waals surface area contributed by atoms with E-state index in [0.717, 1.165) is 19.4 Å². The Labute approximate surface area is 150 Å². The van der Waals surface area contributed by atoms with Crippen LogP contribution in [0.1, 0.15) is 19.3 Å². The van der Waals surface area contributed by atoms with Gasteiger partial charge in [0, 0.05) is 37.8 Å². The van der Waals surface area contributed by atoms with E-state index in [1.165, 1.54) is 17.0 Å². The van der Waals surface area contributed by atoms with Crippen LogP contribution in [0.15, 0.2) is 18.2 Å². The average Bonchev–Trinajstić information content (AvgIpc) is 3.26. The van der Waals surface area contributed by atoms with Gasteiger partial charge in [-0.15, -0.1) is 0 Å². The van der Waals surface area contributed by atoms with Gasteiger partial charge in [0.25, 0.3) is 0 Å². The van der Waals surface area contributed by atoms with Gasteiger partial charge in [-0.1, -0.05) is 11.6 Å². The van der Waals surface area contributed by atoms with Crippen molar-refractivity contribution in [2.45, 2.75) is 25.3 Å². The zero-order valence-corrected chi connectivity index (χ0v) is 14.6. The molecule has 1 saturated carbocycles. The van der Waals surface area contributed by atoms with E-state index in [1.807, 2.05) is 4.90 Å². The molecule has 0 radical (unpaired) electrons. The molecule has 3 aliphatic rings. The molecule has 2 heterocycles. The molecule has 7 heteroatoms. The van der Waals surface area contributed by atoms with Crippen molar-refractivity contribution in [2.24, 2.45) is 23.5 Å². The summed E-state index contributed by atoms with van der Waals surface area (Å²) < 4.78 is 13.7. The molecular formula is C18H21ClFN3O2. The van der Waals surface area contributed by atoms with Gasteiger partial charge in [-0.05, 0) is 42.9 Å². The van der Waals surface area contributed by atoms with Crippen LogP contribution < -0.4 is 10.6 Å². The van der Waals surface area contributed by atoms with Crippen molar-refractivity contribution in [3.8, 4) is 0 Å². The number of nitrogens with two attached hydrogens (primary N) is 1. The summed E-state index contributed by atoms with van der Waals surface area (Å²) in [6, 6.07) is 4.46. The number of carbonyl (C=O) groups is 2. The maximum atomic E-state index is 13.7. The standard InChI is InChI=1S/C18H21ClFN3O2/c19-14-3-2-12(6-15(14)20)23-8-11(5-17(23)24)18(25)22-7-10-1-4-16(21)13(10)9-22/h2-3,6,10-11,13,16H,1,4-5,7-9,21H2. The first-order chi connectivity index (χ1) is 11.9. The normalized spacial score (nSPS) is 31.7. The number of fused-ring (bicyclic) bond motifs is 1. The van der Waals surface area contributed by atoms with Gasteiger partial charge in [-0.3, -0.25) is 9.59 Å². The Hall–Kier alpha value is -1.66. The van der Waals surface area contributed by atoms with Crippen molar-refractivity contribution in [2.75, 3.05) is 24.5 Å². The summed E-state index contributed by atoms with van der Waals surface area (Å²) in [4.78, 5) is 28.5. The van der Waals surface area contributed by atoms with Crippen LogP contribution in [0.3, 0.4) is 0 Å². The van der Waals surface area contributed by atoms with Crippen molar-refractivity contribution in [3.63, 3.8) is 0 Å². The van der Waals surface area contributed by atoms with E-state index in [-0.39, 0.29) is 41.8 Å². The molecule has 2 aliphatic heterocycles. The molecule has 2 saturated heterocycles. The molecular weight excluding hydrogens is 345 g/mol. The van der Waals surface area contributed by atoms with Gasteiger partial charge in [-0.25, -0.2) is 4.39 Å². The van der Waals surface area contributed by atoms with Crippen molar-refractivity contribution >= 4 is 29.1 Å². The zero-order valence-electron chi connectivity index (χ0n) is 13.8. The quantitative estimate of drug-likeness (QED) is 0.872. The van der Waals surface area contributed by atoms with E-state index in [2.05, 4.69) is 0 Å². The van der Waals surface area contributed by atoms with Gasteiger partial charge >= 0.3 is 0 Å². The SMILES string of the molecule is NC1CCC2CN(C(=O)C3CC(=O)N(c4ccc(Cl)c(F)c4)C3)CC12. The molecule has 3 fully saturated rings. The van der Waals surface area contributed by atoms with Crippen LogP contribution in [0.2, 0.25) is 5.02 Å². The molecule has 5 nitrogen and oxygen atoms in total. The first-order valence-electron chi connectivity index (χ1n) is 8.74. The highest BCUT2D eigenvalue weighted by molar-refractivity contribution is 6.30. The van der Waals surface area contributed by atoms with Crippen molar-refractivity contribution < 1.29 is 14.0 Å². The molecule has 2 N–H and O–H groups in total. The molecule has 134 valence electrons. The summed E-state index contributed by atoms with van der Waals surface area (Å²) in [5.41, 5.74) is 6.58. The Balaban J connectivity index is 1.45. The van der Waals surface area contributed by atoms with Crippen LogP contribution in [-0.2, 0) is 9.59 Å². The molecule has 4 atom stereocenters. The number of amides is 2. The van der Waals surface area contributed by atoms with Crippen LogP contribution in [0.5, 0.6) is 0 Å². The van der Waals surface area contributed by atoms with Crippen molar-refractivity contribution in [1.82, 2.24) is 4.90 Å². The fourth-order valence-electron chi connectivity index (χ4n) is 4.52. The predicted molar refractivity (Wildman–Crippen MR) is 92.6 cm³/mol. The van der Waals surface area contributed by atoms with Gasteiger partial charge in [-0.2, -0.15) is 0 Å². The highest BCUT2D eigenvalue weighted by Gasteiger charge is 2.45. The Kier molecular flexibility index (Phi) is 4.20. The number of anilines is 1. The van der Waals surface area contributed by atoms with Crippen LogP contribution in [-0.4, -0.2) is 42.4 Å². The summed E-state index contributed by atoms with van der Waals surface area (Å²) in [6.07, 6.45) is 2.28. The van der Waals surface area contributed by atoms with Crippen LogP contribution in [0.25, 0.3) is 0 Å². The van der Waals surface area contributed by atoms with E-state index >= 15 is 0 Å². The zero-order chi connectivity index (χ0) is 17.7. The molecule has 2 amide bonds. The van der Waals surface area contributed by atoms with Crippen molar-refractivity contribution in [3.05, 3.63) is 29.0 Å². The van der Waals surface area contributed by atoms with E-state index in [4.69, 9.17) is 17.3 Å². The predicted octanol–water partition coefficient (Wildman–Crippen LogP) is 2.03. The van der Waals surface area contributed by atoms with Gasteiger partial charge in [0.2, 0.25) is 11.8 Å². The molecule has 0 spiro atoms. The molecule has 0 bridgehead atoms. The molecule has 1 aliphatic carbocycles. The number of carbonyl (C=O) groups excluding carboxylic acids is 2. The number of benzene rings is 1. The average molecular weight is 366 g/mol. The number of hydrogen-bond donors (Lipinski definition) is 1. The largest absolute Gasteiger partial charge is 0.342 e. The summed E-state index contributed by atoms with van der Waals surface area (Å²) >= 11 is 5.70. The van der Waals surface area contributed by atoms with Gasteiger partial charge in [0.15, 0.2) is 0 Å². The van der Waals surface area contributed by atoms with Gasteiger partial charge < -0.3 is 15.5 Å². The summed E-state index contributed by atoms with van der Waals surface area (Å²) in [6.45, 7) is 1.74. The number of hydrogen-bond acceptors (Lipinski definition) is 3. The monoisotopic (exact) mass is 365 g/mol. The van der Waals surface area contributed by atoms with Gasteiger partial charge in [0.05, 0.1) is 10.9 Å². The first-order valence-corrected chi connectivity index (χ1v) is 9.11. The third-order valence-corrected chi connectivity index (χ3v) is 6.22. The maximum absolute atomic E-state index is 13.7. The lowest BCUT2D eigenvalue weighted by Gasteiger charge is -2.22. The Morgan fingerprint density at radius 3 is 2.76 bits per heavy atom. The molecule has 4 rings (SSSR count). The molecule has 25 heavy (non-hydrogen) atoms. The van der Waals surface area contributed by atoms with E-state index in [0.29, 0.717) is 24.1 Å². The third-order valence-electron chi connectivity index (χ3n) is 5.91. The highest BCUT2D eigenvalue weighted by Crippen LogP contribution is 2.38. The molecule has 4 unspecified atom stereocenters. The minimum Gasteiger partial charge on any atom is -0.342 e. The van der Waals surface area contributed by atoms with Crippen LogP contribution >= 0.6 is 11.6 Å². The minimum absolute atomic E-state index is 0.0166. The minimum atomic E-state index is -0.567. The summed E-state index contributed by atoms with van der Waals surface area (Å²) in [5, 5.41) is 0.0166.